The normalized spacial score (nSPS) is 18.2. The van der Waals surface area contributed by atoms with Crippen molar-refractivity contribution in [3.8, 4) is 16.2 Å². The SMILES string of the molecule is COc1ccc(-c2cc3c(s2)C(=O)[NH+](CC(=O)NC(=O)NC2CCCC2)C=N3)cc1. The van der Waals surface area contributed by atoms with E-state index in [1.54, 1.807) is 7.11 Å². The molecule has 1 saturated carbocycles. The van der Waals surface area contributed by atoms with E-state index in [0.717, 1.165) is 41.9 Å². The first kappa shape index (κ1) is 20.2. The molecule has 8 nitrogen and oxygen atoms in total. The summed E-state index contributed by atoms with van der Waals surface area (Å²) >= 11 is 1.34. The molecule has 1 fully saturated rings. The molecule has 1 aliphatic carbocycles. The standard InChI is InChI=1S/C21H22N4O4S/c1-29-15-8-6-13(7-9-15)17-10-16-19(30-17)20(27)25(12-22-16)11-18(26)24-21(28)23-14-4-2-3-5-14/h6-10,12,14H,2-5,11H2,1H3,(H2,23,24,26,28)/p+1. The summed E-state index contributed by atoms with van der Waals surface area (Å²) in [6.07, 6.45) is 5.46. The molecule has 30 heavy (non-hydrogen) atoms. The van der Waals surface area contributed by atoms with E-state index >= 15 is 0 Å². The lowest BCUT2D eigenvalue weighted by atomic mass is 10.1. The summed E-state index contributed by atoms with van der Waals surface area (Å²) in [6.45, 7) is -0.185. The fourth-order valence-corrected chi connectivity index (χ4v) is 4.74. The lowest BCUT2D eigenvalue weighted by Gasteiger charge is -2.15. The summed E-state index contributed by atoms with van der Waals surface area (Å²) in [7, 11) is 1.61. The first-order valence-corrected chi connectivity index (χ1v) is 10.7. The van der Waals surface area contributed by atoms with Crippen LogP contribution in [0.25, 0.3) is 10.4 Å². The van der Waals surface area contributed by atoms with Crippen LogP contribution in [0.3, 0.4) is 0 Å². The monoisotopic (exact) mass is 427 g/mol. The molecule has 0 spiro atoms. The first-order chi connectivity index (χ1) is 14.5. The van der Waals surface area contributed by atoms with Crippen LogP contribution in [0.2, 0.25) is 0 Å². The second-order valence-electron chi connectivity index (χ2n) is 7.35. The zero-order valence-corrected chi connectivity index (χ0v) is 17.4. The molecule has 4 rings (SSSR count). The zero-order chi connectivity index (χ0) is 21.1. The summed E-state index contributed by atoms with van der Waals surface area (Å²) in [5, 5.41) is 5.11. The van der Waals surface area contributed by atoms with Crippen LogP contribution in [0.1, 0.15) is 35.4 Å². The van der Waals surface area contributed by atoms with E-state index in [0.29, 0.717) is 10.6 Å². The Morgan fingerprint density at radius 1 is 1.23 bits per heavy atom. The summed E-state index contributed by atoms with van der Waals surface area (Å²) in [4.78, 5) is 43.1. The number of imide groups is 1. The van der Waals surface area contributed by atoms with E-state index < -0.39 is 11.9 Å². The Morgan fingerprint density at radius 3 is 2.67 bits per heavy atom. The smallest absolute Gasteiger partial charge is 0.362 e. The maximum Gasteiger partial charge on any atom is 0.362 e. The number of carbonyl (C=O) groups excluding carboxylic acids is 3. The number of amides is 4. The van der Waals surface area contributed by atoms with Gasteiger partial charge in [0.1, 0.15) is 5.75 Å². The van der Waals surface area contributed by atoms with Crippen LogP contribution in [0.15, 0.2) is 35.3 Å². The van der Waals surface area contributed by atoms with E-state index in [9.17, 15) is 14.4 Å². The third-order valence-corrected chi connectivity index (χ3v) is 6.41. The Hall–Kier alpha value is -3.04. The lowest BCUT2D eigenvalue weighted by molar-refractivity contribution is -0.695. The van der Waals surface area contributed by atoms with Gasteiger partial charge in [-0.2, -0.15) is 0 Å². The zero-order valence-electron chi connectivity index (χ0n) is 16.6. The van der Waals surface area contributed by atoms with Gasteiger partial charge in [0.2, 0.25) is 0 Å². The highest BCUT2D eigenvalue weighted by Gasteiger charge is 2.32. The number of carbonyl (C=O) groups is 3. The minimum atomic E-state index is -0.518. The van der Waals surface area contributed by atoms with Gasteiger partial charge >= 0.3 is 11.9 Å². The third kappa shape index (κ3) is 4.42. The largest absolute Gasteiger partial charge is 0.497 e. The molecule has 2 aliphatic rings. The van der Waals surface area contributed by atoms with Gasteiger partial charge in [0.15, 0.2) is 17.8 Å². The van der Waals surface area contributed by atoms with Crippen molar-refractivity contribution < 1.29 is 24.0 Å². The van der Waals surface area contributed by atoms with Crippen LogP contribution >= 0.6 is 11.3 Å². The van der Waals surface area contributed by atoms with Crippen molar-refractivity contribution in [3.05, 3.63) is 35.2 Å². The summed E-state index contributed by atoms with van der Waals surface area (Å²) in [5.41, 5.74) is 1.56. The van der Waals surface area contributed by atoms with Crippen molar-refractivity contribution >= 4 is 41.2 Å². The molecular formula is C21H23N4O4S+. The molecule has 0 radical (unpaired) electrons. The molecule has 1 unspecified atom stereocenters. The number of methoxy groups -OCH3 is 1. The van der Waals surface area contributed by atoms with E-state index in [4.69, 9.17) is 4.74 Å². The van der Waals surface area contributed by atoms with Crippen molar-refractivity contribution in [1.29, 1.82) is 0 Å². The number of ether oxygens (including phenoxy) is 1. The van der Waals surface area contributed by atoms with Crippen molar-refractivity contribution in [2.75, 3.05) is 13.7 Å². The number of benzene rings is 1. The second kappa shape index (κ2) is 8.76. The maximum absolute atomic E-state index is 12.8. The van der Waals surface area contributed by atoms with Gasteiger partial charge in [0.25, 0.3) is 5.91 Å². The summed E-state index contributed by atoms with van der Waals surface area (Å²) in [5.74, 6) is 0.0135. The number of hydrogen-bond donors (Lipinski definition) is 3. The molecule has 156 valence electrons. The van der Waals surface area contributed by atoms with Gasteiger partial charge in [0.05, 0.1) is 12.8 Å². The van der Waals surface area contributed by atoms with Gasteiger partial charge in [-0.1, -0.05) is 12.8 Å². The van der Waals surface area contributed by atoms with Crippen molar-refractivity contribution in [1.82, 2.24) is 10.6 Å². The molecule has 1 atom stereocenters. The molecular weight excluding hydrogens is 404 g/mol. The van der Waals surface area contributed by atoms with Gasteiger partial charge in [0, 0.05) is 10.9 Å². The van der Waals surface area contributed by atoms with Crippen molar-refractivity contribution in [2.24, 2.45) is 4.99 Å². The molecule has 1 aromatic carbocycles. The number of nitrogens with one attached hydrogen (secondary N) is 3. The molecule has 2 heterocycles. The Balaban J connectivity index is 1.38. The summed E-state index contributed by atoms with van der Waals surface area (Å²) in [6, 6.07) is 9.04. The highest BCUT2D eigenvalue weighted by molar-refractivity contribution is 7.18. The Kier molecular flexibility index (Phi) is 5.91. The van der Waals surface area contributed by atoms with E-state index in [1.165, 1.54) is 17.7 Å². The first-order valence-electron chi connectivity index (χ1n) is 9.86. The maximum atomic E-state index is 12.8. The second-order valence-corrected chi connectivity index (χ2v) is 8.40. The molecule has 3 N–H and O–H groups in total. The molecule has 4 amide bonds. The van der Waals surface area contributed by atoms with Gasteiger partial charge in [-0.25, -0.2) is 19.5 Å². The van der Waals surface area contributed by atoms with Gasteiger partial charge in [-0.15, -0.1) is 11.3 Å². The molecule has 9 heteroatoms. The van der Waals surface area contributed by atoms with Crippen LogP contribution in [0, 0.1) is 0 Å². The topological polar surface area (TPSA) is 101 Å². The number of quaternary nitrogens is 1. The average molecular weight is 428 g/mol. The number of urea groups is 1. The number of thiophene rings is 1. The van der Waals surface area contributed by atoms with Gasteiger partial charge in [-0.05, 0) is 48.7 Å². The average Bonchev–Trinajstić information content (AvgIpc) is 3.40. The predicted molar refractivity (Wildman–Crippen MR) is 114 cm³/mol. The molecule has 0 bridgehead atoms. The van der Waals surface area contributed by atoms with Crippen LogP contribution in [-0.4, -0.2) is 43.9 Å². The Labute approximate surface area is 177 Å². The highest BCUT2D eigenvalue weighted by Crippen LogP contribution is 2.37. The van der Waals surface area contributed by atoms with Crippen LogP contribution in [0.5, 0.6) is 5.75 Å². The summed E-state index contributed by atoms with van der Waals surface area (Å²) < 4.78 is 5.17. The fourth-order valence-electron chi connectivity index (χ4n) is 3.65. The number of nitrogens with zero attached hydrogens (tertiary/aromatic N) is 1. The number of rotatable bonds is 5. The fraction of sp³-hybridized carbons (Fsp3) is 0.333. The van der Waals surface area contributed by atoms with E-state index in [-0.39, 0.29) is 23.4 Å². The Bertz CT molecular complexity index is 993. The van der Waals surface area contributed by atoms with E-state index in [1.807, 2.05) is 30.3 Å². The number of hydrogen-bond acceptors (Lipinski definition) is 6. The minimum Gasteiger partial charge on any atom is -0.497 e. The number of fused-ring (bicyclic) bond motifs is 1. The molecule has 1 aliphatic heterocycles. The lowest BCUT2D eigenvalue weighted by Crippen LogP contribution is -3.15. The van der Waals surface area contributed by atoms with Crippen LogP contribution in [0.4, 0.5) is 10.5 Å². The third-order valence-electron chi connectivity index (χ3n) is 5.24. The number of aliphatic imine (C=N–C) groups is 1. The predicted octanol–water partition coefficient (Wildman–Crippen LogP) is 1.89. The van der Waals surface area contributed by atoms with Crippen LogP contribution < -0.4 is 20.3 Å². The Morgan fingerprint density at radius 2 is 1.97 bits per heavy atom. The van der Waals surface area contributed by atoms with E-state index in [2.05, 4.69) is 15.6 Å². The molecule has 2 aromatic rings. The van der Waals surface area contributed by atoms with Crippen LogP contribution in [-0.2, 0) is 4.79 Å². The molecule has 1 aromatic heterocycles. The van der Waals surface area contributed by atoms with Crippen molar-refractivity contribution in [3.63, 3.8) is 0 Å². The molecule has 0 saturated heterocycles. The minimum absolute atomic E-state index is 0.119. The van der Waals surface area contributed by atoms with Gasteiger partial charge < -0.3 is 10.1 Å². The van der Waals surface area contributed by atoms with Crippen molar-refractivity contribution in [2.45, 2.75) is 31.7 Å². The van der Waals surface area contributed by atoms with Gasteiger partial charge in [-0.3, -0.25) is 10.1 Å². The highest BCUT2D eigenvalue weighted by atomic mass is 32.1. The quantitative estimate of drug-likeness (QED) is 0.678.